The predicted octanol–water partition coefficient (Wildman–Crippen LogP) is 3.23. The highest BCUT2D eigenvalue weighted by atomic mass is 16.5. The summed E-state index contributed by atoms with van der Waals surface area (Å²) >= 11 is 0. The summed E-state index contributed by atoms with van der Waals surface area (Å²) in [5, 5.41) is 1.24. The normalized spacial score (nSPS) is 19.8. The van der Waals surface area contributed by atoms with Crippen LogP contribution < -0.4 is 0 Å². The van der Waals surface area contributed by atoms with E-state index in [1.807, 2.05) is 31.9 Å². The summed E-state index contributed by atoms with van der Waals surface area (Å²) in [5.74, 6) is 0.564. The molecule has 0 aliphatic carbocycles. The third-order valence-corrected chi connectivity index (χ3v) is 4.41. The first-order chi connectivity index (χ1) is 10.9. The van der Waals surface area contributed by atoms with Crippen LogP contribution in [0.5, 0.6) is 0 Å². The van der Waals surface area contributed by atoms with Crippen molar-refractivity contribution in [3.8, 4) is 0 Å². The number of aromatic nitrogens is 1. The van der Waals surface area contributed by atoms with E-state index in [1.54, 1.807) is 0 Å². The van der Waals surface area contributed by atoms with E-state index in [9.17, 15) is 4.79 Å². The number of carbonyl (C=O) groups excluding carboxylic acids is 1. The van der Waals surface area contributed by atoms with Gasteiger partial charge in [0.05, 0.1) is 13.2 Å². The molecule has 1 aromatic carbocycles. The van der Waals surface area contributed by atoms with E-state index in [4.69, 9.17) is 4.74 Å². The SMILES string of the molecule is CC(C)(C)C(=O)N1CCOCC(Cc2ccc3[nH]ccc3c2)C1. The fourth-order valence-corrected chi connectivity index (χ4v) is 3.23. The third kappa shape index (κ3) is 3.75. The zero-order valence-corrected chi connectivity index (χ0v) is 14.3. The van der Waals surface area contributed by atoms with Gasteiger partial charge in [-0.1, -0.05) is 26.8 Å². The van der Waals surface area contributed by atoms with Crippen LogP contribution >= 0.6 is 0 Å². The average molecular weight is 314 g/mol. The van der Waals surface area contributed by atoms with Gasteiger partial charge in [0.15, 0.2) is 0 Å². The van der Waals surface area contributed by atoms with Gasteiger partial charge in [0, 0.05) is 36.1 Å². The fourth-order valence-electron chi connectivity index (χ4n) is 3.23. The van der Waals surface area contributed by atoms with Gasteiger partial charge in [-0.2, -0.15) is 0 Å². The molecule has 1 aliphatic heterocycles. The zero-order valence-electron chi connectivity index (χ0n) is 14.3. The predicted molar refractivity (Wildman–Crippen MR) is 92.3 cm³/mol. The molecular formula is C19H26N2O2. The van der Waals surface area contributed by atoms with Gasteiger partial charge in [0.25, 0.3) is 0 Å². The van der Waals surface area contributed by atoms with Crippen molar-refractivity contribution >= 4 is 16.8 Å². The van der Waals surface area contributed by atoms with Crippen molar-refractivity contribution in [2.75, 3.05) is 26.3 Å². The van der Waals surface area contributed by atoms with Gasteiger partial charge < -0.3 is 14.6 Å². The van der Waals surface area contributed by atoms with Crippen molar-refractivity contribution in [3.05, 3.63) is 36.0 Å². The Morgan fingerprint density at radius 2 is 2.17 bits per heavy atom. The maximum absolute atomic E-state index is 12.6. The highest BCUT2D eigenvalue weighted by Crippen LogP contribution is 2.22. The van der Waals surface area contributed by atoms with Gasteiger partial charge in [-0.05, 0) is 35.6 Å². The Kier molecular flexibility index (Phi) is 4.44. The second-order valence-electron chi connectivity index (χ2n) is 7.55. The summed E-state index contributed by atoms with van der Waals surface area (Å²) in [7, 11) is 0. The highest BCUT2D eigenvalue weighted by molar-refractivity contribution is 5.81. The van der Waals surface area contributed by atoms with Gasteiger partial charge in [-0.15, -0.1) is 0 Å². The van der Waals surface area contributed by atoms with Crippen molar-refractivity contribution in [2.45, 2.75) is 27.2 Å². The Bertz CT molecular complexity index is 684. The molecule has 2 aromatic rings. The number of nitrogens with zero attached hydrogens (tertiary/aromatic N) is 1. The van der Waals surface area contributed by atoms with E-state index in [0.717, 1.165) is 25.1 Å². The topological polar surface area (TPSA) is 45.3 Å². The number of amides is 1. The van der Waals surface area contributed by atoms with Crippen LogP contribution in [0.2, 0.25) is 0 Å². The zero-order chi connectivity index (χ0) is 16.4. The lowest BCUT2D eigenvalue weighted by atomic mass is 9.93. The van der Waals surface area contributed by atoms with Gasteiger partial charge in [-0.25, -0.2) is 0 Å². The molecule has 0 bridgehead atoms. The summed E-state index contributed by atoms with van der Waals surface area (Å²) < 4.78 is 5.74. The molecule has 0 spiro atoms. The summed E-state index contributed by atoms with van der Waals surface area (Å²) in [6, 6.07) is 8.62. The highest BCUT2D eigenvalue weighted by Gasteiger charge is 2.30. The molecule has 23 heavy (non-hydrogen) atoms. The van der Waals surface area contributed by atoms with Crippen LogP contribution in [-0.2, 0) is 16.0 Å². The molecule has 1 unspecified atom stereocenters. The Morgan fingerprint density at radius 3 is 2.96 bits per heavy atom. The third-order valence-electron chi connectivity index (χ3n) is 4.41. The summed E-state index contributed by atoms with van der Waals surface area (Å²) in [6.45, 7) is 8.78. The summed E-state index contributed by atoms with van der Waals surface area (Å²) in [5.41, 5.74) is 2.13. The van der Waals surface area contributed by atoms with Crippen LogP contribution in [0.4, 0.5) is 0 Å². The van der Waals surface area contributed by atoms with E-state index in [0.29, 0.717) is 19.1 Å². The summed E-state index contributed by atoms with van der Waals surface area (Å²) in [4.78, 5) is 17.8. The van der Waals surface area contributed by atoms with Crippen molar-refractivity contribution in [1.82, 2.24) is 9.88 Å². The molecule has 2 heterocycles. The van der Waals surface area contributed by atoms with E-state index in [1.165, 1.54) is 10.9 Å². The molecule has 3 rings (SSSR count). The number of aromatic amines is 1. The van der Waals surface area contributed by atoms with Gasteiger partial charge in [0.2, 0.25) is 5.91 Å². The van der Waals surface area contributed by atoms with E-state index in [2.05, 4.69) is 29.2 Å². The number of carbonyl (C=O) groups is 1. The molecule has 1 aromatic heterocycles. The summed E-state index contributed by atoms with van der Waals surface area (Å²) in [6.07, 6.45) is 2.90. The number of ether oxygens (including phenoxy) is 1. The minimum Gasteiger partial charge on any atom is -0.379 e. The second kappa shape index (κ2) is 6.36. The number of H-pyrrole nitrogens is 1. The Labute approximate surface area is 137 Å². The molecular weight excluding hydrogens is 288 g/mol. The monoisotopic (exact) mass is 314 g/mol. The number of hydrogen-bond acceptors (Lipinski definition) is 2. The lowest BCUT2D eigenvalue weighted by Crippen LogP contribution is -2.42. The van der Waals surface area contributed by atoms with Crippen molar-refractivity contribution in [3.63, 3.8) is 0 Å². The second-order valence-corrected chi connectivity index (χ2v) is 7.55. The minimum atomic E-state index is -0.334. The average Bonchev–Trinajstić information content (AvgIpc) is 2.83. The van der Waals surface area contributed by atoms with E-state index >= 15 is 0 Å². The molecule has 4 heteroatoms. The number of fused-ring (bicyclic) bond motifs is 1. The van der Waals surface area contributed by atoms with E-state index < -0.39 is 0 Å². The van der Waals surface area contributed by atoms with Crippen LogP contribution in [0, 0.1) is 11.3 Å². The van der Waals surface area contributed by atoms with Crippen molar-refractivity contribution in [2.24, 2.45) is 11.3 Å². The Morgan fingerprint density at radius 1 is 1.35 bits per heavy atom. The molecule has 1 saturated heterocycles. The molecule has 1 N–H and O–H groups in total. The molecule has 1 atom stereocenters. The molecule has 0 saturated carbocycles. The molecule has 1 aliphatic rings. The van der Waals surface area contributed by atoms with Crippen LogP contribution in [0.25, 0.3) is 10.9 Å². The first-order valence-corrected chi connectivity index (χ1v) is 8.36. The lowest BCUT2D eigenvalue weighted by Gasteiger charge is -2.30. The minimum absolute atomic E-state index is 0.217. The first kappa shape index (κ1) is 16.1. The maximum atomic E-state index is 12.6. The lowest BCUT2D eigenvalue weighted by molar-refractivity contribution is -0.139. The van der Waals surface area contributed by atoms with Gasteiger partial charge >= 0.3 is 0 Å². The molecule has 1 fully saturated rings. The van der Waals surface area contributed by atoms with Crippen molar-refractivity contribution in [1.29, 1.82) is 0 Å². The fraction of sp³-hybridized carbons (Fsp3) is 0.526. The van der Waals surface area contributed by atoms with Crippen LogP contribution in [0.15, 0.2) is 30.5 Å². The van der Waals surface area contributed by atoms with Crippen LogP contribution in [-0.4, -0.2) is 42.1 Å². The number of benzene rings is 1. The Hall–Kier alpha value is -1.81. The molecule has 0 radical (unpaired) electrons. The number of nitrogens with one attached hydrogen (secondary N) is 1. The molecule has 1 amide bonds. The molecule has 124 valence electrons. The van der Waals surface area contributed by atoms with Gasteiger partial charge in [0.1, 0.15) is 0 Å². The van der Waals surface area contributed by atoms with Gasteiger partial charge in [-0.3, -0.25) is 4.79 Å². The van der Waals surface area contributed by atoms with Crippen molar-refractivity contribution < 1.29 is 9.53 Å². The van der Waals surface area contributed by atoms with Crippen LogP contribution in [0.1, 0.15) is 26.3 Å². The first-order valence-electron chi connectivity index (χ1n) is 8.36. The smallest absolute Gasteiger partial charge is 0.228 e. The van der Waals surface area contributed by atoms with Crippen LogP contribution in [0.3, 0.4) is 0 Å². The standard InChI is InChI=1S/C19H26N2O2/c1-19(2,3)18(22)21-8-9-23-13-15(12-21)10-14-4-5-17-16(11-14)6-7-20-17/h4-7,11,15,20H,8-10,12-13H2,1-3H3. The quantitative estimate of drug-likeness (QED) is 0.925. The molecule has 4 nitrogen and oxygen atoms in total. The van der Waals surface area contributed by atoms with E-state index in [-0.39, 0.29) is 11.3 Å². The largest absolute Gasteiger partial charge is 0.379 e. The number of rotatable bonds is 2. The number of hydrogen-bond donors (Lipinski definition) is 1. The maximum Gasteiger partial charge on any atom is 0.228 e. The Balaban J connectivity index is 1.72.